The van der Waals surface area contributed by atoms with Crippen molar-refractivity contribution in [3.63, 3.8) is 0 Å². The minimum Gasteiger partial charge on any atom is -0.460 e. The molecule has 0 atom stereocenters. The van der Waals surface area contributed by atoms with Gasteiger partial charge in [-0.15, -0.1) is 0 Å². The molecule has 0 unspecified atom stereocenters. The Morgan fingerprint density at radius 3 is 2.02 bits per heavy atom. The monoisotopic (exact) mass is 763 g/mol. The van der Waals surface area contributed by atoms with E-state index >= 15 is 0 Å². The van der Waals surface area contributed by atoms with Crippen LogP contribution in [0.2, 0.25) is 0 Å². The fraction of sp³-hybridized carbons (Fsp3) is 0.179. The standard InChI is InChI=1S/C56H45NO2/c1-55(2)30-31-56(3,4)48-35-54-46(34-47(48)55)44-28-26-37(32-53(44)59-54)39-18-8-9-20-41(39)42-21-11-14-24-50(42)57(49-23-13-10-19-40(49)36-16-6-5-7-17-36)38-27-29-52-45(33-38)43-22-12-15-25-51(43)58-52/h5-8,10-19,21-26,28,32-35H,27,29-31H2,1-4H3. The third kappa shape index (κ3) is 5.81. The summed E-state index contributed by atoms with van der Waals surface area (Å²) in [5.41, 5.74) is 17.0. The lowest BCUT2D eigenvalue weighted by atomic mass is 9.63. The van der Waals surface area contributed by atoms with E-state index in [1.807, 2.05) is 12.1 Å². The highest BCUT2D eigenvalue weighted by atomic mass is 16.3. The predicted molar refractivity (Wildman–Crippen MR) is 244 cm³/mol. The number of nitrogens with zero attached hydrogens (tertiary/aromatic N) is 1. The Kier molecular flexibility index (Phi) is 8.04. The van der Waals surface area contributed by atoms with E-state index < -0.39 is 0 Å². The van der Waals surface area contributed by atoms with Gasteiger partial charge >= 0.3 is 0 Å². The molecule has 286 valence electrons. The smallest absolute Gasteiger partial charge is 0.136 e. The normalized spacial score (nSPS) is 15.4. The van der Waals surface area contributed by atoms with E-state index in [-0.39, 0.29) is 10.8 Å². The maximum Gasteiger partial charge on any atom is 0.136 e. The first-order valence-electron chi connectivity index (χ1n) is 20.9. The van der Waals surface area contributed by atoms with E-state index in [0.29, 0.717) is 0 Å². The van der Waals surface area contributed by atoms with Crippen LogP contribution in [0.4, 0.5) is 11.4 Å². The van der Waals surface area contributed by atoms with Gasteiger partial charge in [0.25, 0.3) is 0 Å². The Morgan fingerprint density at radius 2 is 1.20 bits per heavy atom. The zero-order chi connectivity index (χ0) is 39.9. The van der Waals surface area contributed by atoms with Gasteiger partial charge in [-0.3, -0.25) is 0 Å². The van der Waals surface area contributed by atoms with Crippen molar-refractivity contribution in [2.75, 3.05) is 4.90 Å². The van der Waals surface area contributed by atoms with E-state index in [2.05, 4.69) is 184 Å². The first-order valence-corrected chi connectivity index (χ1v) is 20.9. The molecular formula is C56H45NO2. The van der Waals surface area contributed by atoms with Crippen molar-refractivity contribution >= 4 is 50.4 Å². The van der Waals surface area contributed by atoms with Gasteiger partial charge in [0, 0.05) is 50.5 Å². The number of rotatable bonds is 6. The van der Waals surface area contributed by atoms with Gasteiger partial charge in [-0.25, -0.2) is 0 Å². The van der Waals surface area contributed by atoms with Gasteiger partial charge in [-0.1, -0.05) is 131 Å². The number of benzene rings is 6. The molecule has 2 heterocycles. The van der Waals surface area contributed by atoms with Crippen LogP contribution in [0.5, 0.6) is 0 Å². The Labute approximate surface area is 346 Å². The van der Waals surface area contributed by atoms with Gasteiger partial charge < -0.3 is 13.7 Å². The van der Waals surface area contributed by atoms with Gasteiger partial charge in [0.1, 0.15) is 22.5 Å². The largest absolute Gasteiger partial charge is 0.460 e. The molecule has 11 rings (SSSR count). The molecule has 0 amide bonds. The molecule has 3 nitrogen and oxygen atoms in total. The number of aryl methyl sites for hydroxylation is 1. The maximum absolute atomic E-state index is 6.75. The molecule has 0 saturated heterocycles. The summed E-state index contributed by atoms with van der Waals surface area (Å²) in [6.45, 7) is 9.52. The minimum atomic E-state index is 0.111. The number of hydrogen-bond acceptors (Lipinski definition) is 3. The molecule has 2 aliphatic rings. The van der Waals surface area contributed by atoms with Crippen molar-refractivity contribution < 1.29 is 8.83 Å². The van der Waals surface area contributed by atoms with Gasteiger partial charge in [-0.05, 0) is 119 Å². The molecule has 0 N–H and O–H groups in total. The lowest BCUT2D eigenvalue weighted by molar-refractivity contribution is 0.332. The molecule has 0 spiro atoms. The molecule has 7 aromatic carbocycles. The molecule has 2 aliphatic carbocycles. The zero-order valence-corrected chi connectivity index (χ0v) is 34.0. The minimum absolute atomic E-state index is 0.111. The number of allylic oxidation sites excluding steroid dienone is 1. The number of para-hydroxylation sites is 3. The maximum atomic E-state index is 6.75. The molecule has 0 bridgehead atoms. The summed E-state index contributed by atoms with van der Waals surface area (Å²) in [7, 11) is 0. The topological polar surface area (TPSA) is 29.5 Å². The lowest BCUT2D eigenvalue weighted by Gasteiger charge is -2.41. The second-order valence-electron chi connectivity index (χ2n) is 17.7. The Hall–Kier alpha value is -6.76. The average Bonchev–Trinajstić information content (AvgIpc) is 3.83. The number of furan rings is 2. The summed E-state index contributed by atoms with van der Waals surface area (Å²) in [5.74, 6) is 1.04. The molecular weight excluding hydrogens is 719 g/mol. The van der Waals surface area contributed by atoms with Crippen LogP contribution in [0.3, 0.4) is 0 Å². The van der Waals surface area contributed by atoms with Crippen molar-refractivity contribution in [2.24, 2.45) is 0 Å². The molecule has 2 aromatic heterocycles. The highest BCUT2D eigenvalue weighted by Gasteiger charge is 2.38. The SMILES string of the molecule is CC1(C)CCC(C)(C)c2cc3c(cc21)oc1cc(-c2ccc#cc2-c2ccccc2N(C2=Cc4c(oc5ccccc45)CC2)c2ccccc2-c2ccccc2)ccc13. The predicted octanol–water partition coefficient (Wildman–Crippen LogP) is 15.4. The number of fused-ring (bicyclic) bond motifs is 7. The first kappa shape index (κ1) is 35.4. The second-order valence-corrected chi connectivity index (χ2v) is 17.7. The summed E-state index contributed by atoms with van der Waals surface area (Å²) in [4.78, 5) is 2.47. The second kappa shape index (κ2) is 13.4. The summed E-state index contributed by atoms with van der Waals surface area (Å²) in [5, 5.41) is 3.49. The van der Waals surface area contributed by atoms with Crippen LogP contribution in [0.1, 0.15) is 69.4 Å². The Balaban J connectivity index is 1.09. The van der Waals surface area contributed by atoms with Gasteiger partial charge in [0.05, 0.1) is 11.4 Å². The lowest BCUT2D eigenvalue weighted by Crippen LogP contribution is -2.33. The number of anilines is 2. The first-order chi connectivity index (χ1) is 28.7. The summed E-state index contributed by atoms with van der Waals surface area (Å²) < 4.78 is 13.1. The van der Waals surface area contributed by atoms with Crippen molar-refractivity contribution in [3.8, 4) is 33.4 Å². The van der Waals surface area contributed by atoms with Crippen molar-refractivity contribution in [1.29, 1.82) is 0 Å². The number of hydrogen-bond donors (Lipinski definition) is 0. The van der Waals surface area contributed by atoms with Crippen LogP contribution in [0.15, 0.2) is 160 Å². The average molecular weight is 764 g/mol. The fourth-order valence-electron chi connectivity index (χ4n) is 9.81. The third-order valence-electron chi connectivity index (χ3n) is 13.1. The van der Waals surface area contributed by atoms with Gasteiger partial charge in [-0.2, -0.15) is 0 Å². The van der Waals surface area contributed by atoms with Crippen LogP contribution in [-0.4, -0.2) is 0 Å². The molecule has 0 radical (unpaired) electrons. The van der Waals surface area contributed by atoms with Gasteiger partial charge in [0.15, 0.2) is 0 Å². The molecule has 0 aliphatic heterocycles. The fourth-order valence-corrected chi connectivity index (χ4v) is 9.81. The van der Waals surface area contributed by atoms with Crippen molar-refractivity contribution in [3.05, 3.63) is 186 Å². The Morgan fingerprint density at radius 1 is 0.525 bits per heavy atom. The summed E-state index contributed by atoms with van der Waals surface area (Å²) in [6.07, 6.45) is 6.33. The molecule has 0 fully saturated rings. The van der Waals surface area contributed by atoms with E-state index in [4.69, 9.17) is 8.83 Å². The quantitative estimate of drug-likeness (QED) is 0.169. The van der Waals surface area contributed by atoms with Crippen LogP contribution in [-0.2, 0) is 17.3 Å². The van der Waals surface area contributed by atoms with Crippen LogP contribution in [0.25, 0.3) is 72.4 Å². The van der Waals surface area contributed by atoms with Gasteiger partial charge in [0.2, 0.25) is 0 Å². The molecule has 9 aromatic rings. The Bertz CT molecular complexity index is 3120. The molecule has 0 saturated carbocycles. The molecule has 59 heavy (non-hydrogen) atoms. The van der Waals surface area contributed by atoms with Crippen LogP contribution in [0, 0.1) is 12.1 Å². The highest BCUT2D eigenvalue weighted by molar-refractivity contribution is 6.07. The summed E-state index contributed by atoms with van der Waals surface area (Å²) >= 11 is 0. The van der Waals surface area contributed by atoms with Crippen molar-refractivity contribution in [2.45, 2.75) is 64.2 Å². The van der Waals surface area contributed by atoms with E-state index in [1.54, 1.807) is 0 Å². The van der Waals surface area contributed by atoms with Crippen LogP contribution < -0.4 is 4.90 Å². The van der Waals surface area contributed by atoms with E-state index in [1.165, 1.54) is 46.2 Å². The third-order valence-corrected chi connectivity index (χ3v) is 13.1. The summed E-state index contributed by atoms with van der Waals surface area (Å²) in [6, 6.07) is 59.1. The zero-order valence-electron chi connectivity index (χ0n) is 34.0. The van der Waals surface area contributed by atoms with E-state index in [0.717, 1.165) is 85.3 Å². The highest BCUT2D eigenvalue weighted by Crippen LogP contribution is 2.50. The van der Waals surface area contributed by atoms with E-state index in [9.17, 15) is 0 Å². The van der Waals surface area contributed by atoms with Crippen molar-refractivity contribution in [1.82, 2.24) is 0 Å². The van der Waals surface area contributed by atoms with Crippen LogP contribution >= 0.6 is 0 Å². The molecule has 3 heteroatoms.